The second-order valence-corrected chi connectivity index (χ2v) is 7.57. The molecule has 1 aliphatic heterocycles. The molecule has 2 aliphatic rings. The Morgan fingerprint density at radius 1 is 1.07 bits per heavy atom. The predicted octanol–water partition coefficient (Wildman–Crippen LogP) is 3.18. The van der Waals surface area contributed by atoms with E-state index in [-0.39, 0.29) is 25.3 Å². The summed E-state index contributed by atoms with van der Waals surface area (Å²) in [5.41, 5.74) is 1.64. The Bertz CT molecular complexity index is 895. The molecule has 2 aromatic carbocycles. The van der Waals surface area contributed by atoms with Crippen LogP contribution in [0.1, 0.15) is 36.8 Å². The lowest BCUT2D eigenvalue weighted by atomic mass is 10.0. The van der Waals surface area contributed by atoms with Crippen molar-refractivity contribution in [3.8, 4) is 11.5 Å². The SMILES string of the molecule is O=C(O)CCC(Cc1ccccc1)NC(=O)NC1(c2ccc3c(c2)OCO3)CC1. The molecule has 1 heterocycles. The normalized spacial score (nSPS) is 16.7. The van der Waals surface area contributed by atoms with E-state index < -0.39 is 11.5 Å². The molecule has 0 radical (unpaired) electrons. The molecule has 0 bridgehead atoms. The Balaban J connectivity index is 1.41. The Hall–Kier alpha value is -3.22. The highest BCUT2D eigenvalue weighted by Crippen LogP contribution is 2.48. The number of fused-ring (bicyclic) bond motifs is 1. The molecule has 7 nitrogen and oxygen atoms in total. The van der Waals surface area contributed by atoms with Crippen LogP contribution < -0.4 is 20.1 Å². The molecule has 1 unspecified atom stereocenters. The highest BCUT2D eigenvalue weighted by atomic mass is 16.7. The third kappa shape index (κ3) is 4.62. The van der Waals surface area contributed by atoms with E-state index >= 15 is 0 Å². The predicted molar refractivity (Wildman–Crippen MR) is 106 cm³/mol. The number of rotatable bonds is 8. The number of hydrogen-bond acceptors (Lipinski definition) is 4. The molecule has 29 heavy (non-hydrogen) atoms. The number of ether oxygens (including phenoxy) is 2. The molecule has 1 aliphatic carbocycles. The Morgan fingerprint density at radius 2 is 1.83 bits per heavy atom. The fourth-order valence-corrected chi connectivity index (χ4v) is 3.67. The summed E-state index contributed by atoms with van der Waals surface area (Å²) in [7, 11) is 0. The largest absolute Gasteiger partial charge is 0.481 e. The fraction of sp³-hybridized carbons (Fsp3) is 0.364. The quantitative estimate of drug-likeness (QED) is 0.637. The van der Waals surface area contributed by atoms with Crippen molar-refractivity contribution in [3.05, 3.63) is 59.7 Å². The van der Waals surface area contributed by atoms with Crippen LogP contribution in [0.2, 0.25) is 0 Å². The van der Waals surface area contributed by atoms with Crippen molar-refractivity contribution in [3.63, 3.8) is 0 Å². The van der Waals surface area contributed by atoms with Gasteiger partial charge in [-0.05, 0) is 48.9 Å². The highest BCUT2D eigenvalue weighted by molar-refractivity contribution is 5.76. The molecular weight excluding hydrogens is 372 g/mol. The summed E-state index contributed by atoms with van der Waals surface area (Å²) in [4.78, 5) is 23.7. The summed E-state index contributed by atoms with van der Waals surface area (Å²) in [5.74, 6) is 0.536. The van der Waals surface area contributed by atoms with Crippen molar-refractivity contribution >= 4 is 12.0 Å². The van der Waals surface area contributed by atoms with Gasteiger partial charge in [-0.2, -0.15) is 0 Å². The van der Waals surface area contributed by atoms with Crippen LogP contribution >= 0.6 is 0 Å². The number of nitrogens with one attached hydrogen (secondary N) is 2. The van der Waals surface area contributed by atoms with Gasteiger partial charge in [-0.1, -0.05) is 36.4 Å². The molecule has 1 atom stereocenters. The number of carboxylic acid groups (broad SMARTS) is 1. The molecular formula is C22H24N2O5. The van der Waals surface area contributed by atoms with Gasteiger partial charge in [0.1, 0.15) is 0 Å². The summed E-state index contributed by atoms with van der Waals surface area (Å²) in [5, 5.41) is 15.1. The summed E-state index contributed by atoms with van der Waals surface area (Å²) < 4.78 is 10.8. The van der Waals surface area contributed by atoms with Gasteiger partial charge in [0.15, 0.2) is 11.5 Å². The van der Waals surface area contributed by atoms with Gasteiger partial charge in [0.2, 0.25) is 6.79 Å². The molecule has 0 aromatic heterocycles. The highest BCUT2D eigenvalue weighted by Gasteiger charge is 2.46. The number of carbonyl (C=O) groups is 2. The number of benzene rings is 2. The topological polar surface area (TPSA) is 96.9 Å². The first-order valence-electron chi connectivity index (χ1n) is 9.79. The molecule has 152 valence electrons. The van der Waals surface area contributed by atoms with Crippen molar-refractivity contribution in [1.29, 1.82) is 0 Å². The van der Waals surface area contributed by atoms with E-state index in [1.54, 1.807) is 0 Å². The van der Waals surface area contributed by atoms with Crippen LogP contribution in [0, 0.1) is 0 Å². The zero-order valence-corrected chi connectivity index (χ0v) is 16.0. The van der Waals surface area contributed by atoms with Gasteiger partial charge in [-0.25, -0.2) is 4.79 Å². The third-order valence-electron chi connectivity index (χ3n) is 5.39. The maximum atomic E-state index is 12.7. The lowest BCUT2D eigenvalue weighted by molar-refractivity contribution is -0.137. The third-order valence-corrected chi connectivity index (χ3v) is 5.39. The summed E-state index contributed by atoms with van der Waals surface area (Å²) in [6.07, 6.45) is 2.65. The van der Waals surface area contributed by atoms with Gasteiger partial charge < -0.3 is 25.2 Å². The van der Waals surface area contributed by atoms with Crippen molar-refractivity contribution in [2.45, 2.75) is 43.7 Å². The van der Waals surface area contributed by atoms with Crippen LogP contribution in [0.4, 0.5) is 4.79 Å². The number of urea groups is 1. The second kappa shape index (κ2) is 8.03. The van der Waals surface area contributed by atoms with Crippen molar-refractivity contribution in [2.24, 2.45) is 0 Å². The molecule has 2 amide bonds. The number of amides is 2. The molecule has 1 saturated carbocycles. The van der Waals surface area contributed by atoms with Crippen LogP contribution in [0.25, 0.3) is 0 Å². The minimum atomic E-state index is -0.871. The lowest BCUT2D eigenvalue weighted by Crippen LogP contribution is -2.47. The van der Waals surface area contributed by atoms with Crippen LogP contribution in [0.5, 0.6) is 11.5 Å². The van der Waals surface area contributed by atoms with E-state index in [0.717, 1.165) is 24.0 Å². The summed E-state index contributed by atoms with van der Waals surface area (Å²) in [6.45, 7) is 0.213. The number of carboxylic acids is 1. The van der Waals surface area contributed by atoms with E-state index in [0.29, 0.717) is 24.3 Å². The van der Waals surface area contributed by atoms with Crippen molar-refractivity contribution < 1.29 is 24.2 Å². The van der Waals surface area contributed by atoms with E-state index in [1.165, 1.54) is 0 Å². The average molecular weight is 396 g/mol. The second-order valence-electron chi connectivity index (χ2n) is 7.57. The molecule has 2 aromatic rings. The van der Waals surface area contributed by atoms with E-state index in [2.05, 4.69) is 10.6 Å². The first-order valence-corrected chi connectivity index (χ1v) is 9.79. The zero-order chi connectivity index (χ0) is 20.3. The lowest BCUT2D eigenvalue weighted by Gasteiger charge is -2.23. The summed E-state index contributed by atoms with van der Waals surface area (Å²) >= 11 is 0. The minimum absolute atomic E-state index is 0.00504. The first kappa shape index (κ1) is 19.1. The molecule has 1 fully saturated rings. The van der Waals surface area contributed by atoms with Crippen molar-refractivity contribution in [1.82, 2.24) is 10.6 Å². The zero-order valence-electron chi connectivity index (χ0n) is 16.0. The Morgan fingerprint density at radius 3 is 2.55 bits per heavy atom. The minimum Gasteiger partial charge on any atom is -0.481 e. The summed E-state index contributed by atoms with van der Waals surface area (Å²) in [6, 6.07) is 14.9. The number of hydrogen-bond donors (Lipinski definition) is 3. The molecule has 4 rings (SSSR count). The molecule has 0 spiro atoms. The van der Waals surface area contributed by atoms with Gasteiger partial charge in [0, 0.05) is 12.5 Å². The van der Waals surface area contributed by atoms with Gasteiger partial charge in [-0.3, -0.25) is 4.79 Å². The van der Waals surface area contributed by atoms with Crippen LogP contribution in [0.15, 0.2) is 48.5 Å². The molecule has 0 saturated heterocycles. The van der Waals surface area contributed by atoms with Gasteiger partial charge in [0.05, 0.1) is 5.54 Å². The van der Waals surface area contributed by atoms with Gasteiger partial charge >= 0.3 is 12.0 Å². The van der Waals surface area contributed by atoms with E-state index in [4.69, 9.17) is 14.6 Å². The maximum Gasteiger partial charge on any atom is 0.315 e. The van der Waals surface area contributed by atoms with E-state index in [1.807, 2.05) is 48.5 Å². The molecule has 3 N–H and O–H groups in total. The standard InChI is InChI=1S/C22H24N2O5/c25-20(26)9-7-17(12-15-4-2-1-3-5-15)23-21(27)24-22(10-11-22)16-6-8-18-19(13-16)29-14-28-18/h1-6,8,13,17H,7,9-12,14H2,(H,25,26)(H2,23,24,27). The van der Waals surface area contributed by atoms with Crippen LogP contribution in [-0.2, 0) is 16.8 Å². The Labute approximate surface area is 169 Å². The number of aliphatic carboxylic acids is 1. The average Bonchev–Trinajstić information content (AvgIpc) is 3.32. The van der Waals surface area contributed by atoms with Crippen LogP contribution in [-0.4, -0.2) is 29.9 Å². The molecule has 7 heteroatoms. The van der Waals surface area contributed by atoms with Gasteiger partial charge in [0.25, 0.3) is 0 Å². The van der Waals surface area contributed by atoms with E-state index in [9.17, 15) is 9.59 Å². The Kier molecular flexibility index (Phi) is 5.29. The number of carbonyl (C=O) groups excluding carboxylic acids is 1. The van der Waals surface area contributed by atoms with Crippen molar-refractivity contribution in [2.75, 3.05) is 6.79 Å². The monoisotopic (exact) mass is 396 g/mol. The smallest absolute Gasteiger partial charge is 0.315 e. The maximum absolute atomic E-state index is 12.7. The first-order chi connectivity index (χ1) is 14.0. The van der Waals surface area contributed by atoms with Gasteiger partial charge in [-0.15, -0.1) is 0 Å². The fourth-order valence-electron chi connectivity index (χ4n) is 3.67. The van der Waals surface area contributed by atoms with Crippen LogP contribution in [0.3, 0.4) is 0 Å².